The van der Waals surface area contributed by atoms with Crippen LogP contribution < -0.4 is 4.90 Å². The fourth-order valence-corrected chi connectivity index (χ4v) is 0.726. The molecule has 0 fully saturated rings. The number of benzene rings is 1. The van der Waals surface area contributed by atoms with Gasteiger partial charge in [0.2, 0.25) is 0 Å². The Morgan fingerprint density at radius 3 is 1.67 bits per heavy atom. The topological polar surface area (TPSA) is 12.5 Å². The standard InChI is InChI=1S/C8H11N.C2H6O/c1-9(2)8-6-4-3-5-7-8;1-3-2/h3-7H,1-2H3;1-2H3. The SMILES string of the molecule is CN(C)c1ccccc1.COC. The first-order valence-electron chi connectivity index (χ1n) is 3.85. The maximum absolute atomic E-state index is 4.25. The highest BCUT2D eigenvalue weighted by Gasteiger charge is 1.87. The van der Waals surface area contributed by atoms with Crippen LogP contribution in [-0.4, -0.2) is 28.3 Å². The van der Waals surface area contributed by atoms with Crippen LogP contribution in [0.1, 0.15) is 0 Å². The first-order valence-corrected chi connectivity index (χ1v) is 3.85. The molecule has 0 amide bonds. The van der Waals surface area contributed by atoms with Gasteiger partial charge in [-0.15, -0.1) is 0 Å². The number of para-hydroxylation sites is 1. The van der Waals surface area contributed by atoms with Gasteiger partial charge >= 0.3 is 0 Å². The van der Waals surface area contributed by atoms with E-state index in [1.807, 2.05) is 32.3 Å². The summed E-state index contributed by atoms with van der Waals surface area (Å²) in [7, 11) is 7.32. The zero-order valence-electron chi connectivity index (χ0n) is 8.24. The van der Waals surface area contributed by atoms with E-state index in [0.717, 1.165) is 0 Å². The summed E-state index contributed by atoms with van der Waals surface area (Å²) in [4.78, 5) is 2.08. The van der Waals surface area contributed by atoms with E-state index < -0.39 is 0 Å². The lowest BCUT2D eigenvalue weighted by Crippen LogP contribution is -2.07. The zero-order valence-corrected chi connectivity index (χ0v) is 8.24. The number of hydrogen-bond acceptors (Lipinski definition) is 2. The van der Waals surface area contributed by atoms with Gasteiger partial charge in [-0.05, 0) is 12.1 Å². The lowest BCUT2D eigenvalue weighted by molar-refractivity contribution is 0.277. The Bertz CT molecular complexity index is 184. The van der Waals surface area contributed by atoms with Crippen molar-refractivity contribution in [3.63, 3.8) is 0 Å². The second-order valence-electron chi connectivity index (χ2n) is 2.64. The number of methoxy groups -OCH3 is 1. The van der Waals surface area contributed by atoms with Gasteiger partial charge in [0.05, 0.1) is 0 Å². The molecule has 0 saturated carbocycles. The highest BCUT2D eigenvalue weighted by Crippen LogP contribution is 2.07. The molecule has 2 nitrogen and oxygen atoms in total. The smallest absolute Gasteiger partial charge is 0.0360 e. The molecule has 0 aliphatic heterocycles. The summed E-state index contributed by atoms with van der Waals surface area (Å²) in [5, 5.41) is 0. The van der Waals surface area contributed by atoms with Gasteiger partial charge in [0.1, 0.15) is 0 Å². The molecule has 1 aromatic carbocycles. The van der Waals surface area contributed by atoms with E-state index in [4.69, 9.17) is 0 Å². The van der Waals surface area contributed by atoms with Crippen molar-refractivity contribution in [1.82, 2.24) is 0 Å². The van der Waals surface area contributed by atoms with Crippen LogP contribution in [0.25, 0.3) is 0 Å². The molecule has 0 radical (unpaired) electrons. The lowest BCUT2D eigenvalue weighted by atomic mass is 10.3. The van der Waals surface area contributed by atoms with Crippen molar-refractivity contribution in [2.45, 2.75) is 0 Å². The van der Waals surface area contributed by atoms with E-state index in [1.54, 1.807) is 14.2 Å². The molecule has 0 heterocycles. The first-order chi connectivity index (χ1) is 5.72. The molecule has 0 unspecified atom stereocenters. The van der Waals surface area contributed by atoms with Crippen LogP contribution in [0.4, 0.5) is 5.69 Å². The summed E-state index contributed by atoms with van der Waals surface area (Å²) in [6.45, 7) is 0. The van der Waals surface area contributed by atoms with Crippen molar-refractivity contribution < 1.29 is 4.74 Å². The van der Waals surface area contributed by atoms with Crippen molar-refractivity contribution >= 4 is 5.69 Å². The van der Waals surface area contributed by atoms with Gasteiger partial charge in [0.25, 0.3) is 0 Å². The summed E-state index contributed by atoms with van der Waals surface area (Å²) in [6.07, 6.45) is 0. The number of anilines is 1. The number of hydrogen-bond donors (Lipinski definition) is 0. The maximum atomic E-state index is 4.25. The molecular weight excluding hydrogens is 150 g/mol. The Balaban J connectivity index is 0.000000354. The van der Waals surface area contributed by atoms with Crippen LogP contribution in [0.15, 0.2) is 30.3 Å². The Morgan fingerprint density at radius 2 is 1.42 bits per heavy atom. The van der Waals surface area contributed by atoms with Crippen molar-refractivity contribution in [3.05, 3.63) is 30.3 Å². The molecule has 1 rings (SSSR count). The molecule has 2 heteroatoms. The largest absolute Gasteiger partial charge is 0.388 e. The minimum absolute atomic E-state index is 1.25. The second kappa shape index (κ2) is 6.68. The minimum atomic E-state index is 1.25. The molecule has 0 aromatic heterocycles. The highest BCUT2D eigenvalue weighted by molar-refractivity contribution is 5.43. The average molecular weight is 167 g/mol. The first kappa shape index (κ1) is 11.0. The minimum Gasteiger partial charge on any atom is -0.388 e. The second-order valence-corrected chi connectivity index (χ2v) is 2.64. The Morgan fingerprint density at radius 1 is 1.00 bits per heavy atom. The van der Waals surface area contributed by atoms with Crippen molar-refractivity contribution in [2.75, 3.05) is 33.2 Å². The van der Waals surface area contributed by atoms with E-state index in [2.05, 4.69) is 21.8 Å². The highest BCUT2D eigenvalue weighted by atomic mass is 16.4. The third kappa shape index (κ3) is 4.74. The van der Waals surface area contributed by atoms with Crippen LogP contribution in [0, 0.1) is 0 Å². The predicted octanol–water partition coefficient (Wildman–Crippen LogP) is 2.02. The molecule has 1 aromatic rings. The third-order valence-electron chi connectivity index (χ3n) is 1.27. The zero-order chi connectivity index (χ0) is 9.40. The number of ether oxygens (including phenoxy) is 1. The summed E-state index contributed by atoms with van der Waals surface area (Å²) < 4.78 is 4.25. The monoisotopic (exact) mass is 167 g/mol. The van der Waals surface area contributed by atoms with E-state index >= 15 is 0 Å². The summed E-state index contributed by atoms with van der Waals surface area (Å²) in [5.41, 5.74) is 1.25. The molecule has 0 saturated heterocycles. The van der Waals surface area contributed by atoms with Crippen LogP contribution in [0.5, 0.6) is 0 Å². The molecule has 68 valence electrons. The Labute approximate surface area is 74.8 Å². The Kier molecular flexibility index (Phi) is 6.11. The third-order valence-corrected chi connectivity index (χ3v) is 1.27. The van der Waals surface area contributed by atoms with Gasteiger partial charge in [-0.25, -0.2) is 0 Å². The fraction of sp³-hybridized carbons (Fsp3) is 0.400. The fourth-order valence-electron chi connectivity index (χ4n) is 0.726. The Hall–Kier alpha value is -1.02. The summed E-state index contributed by atoms with van der Waals surface area (Å²) in [5.74, 6) is 0. The summed E-state index contributed by atoms with van der Waals surface area (Å²) in [6, 6.07) is 10.3. The van der Waals surface area contributed by atoms with Crippen LogP contribution in [0.2, 0.25) is 0 Å². The number of rotatable bonds is 1. The van der Waals surface area contributed by atoms with Crippen molar-refractivity contribution in [1.29, 1.82) is 0 Å². The molecule has 12 heavy (non-hydrogen) atoms. The molecular formula is C10H17NO. The van der Waals surface area contributed by atoms with Crippen molar-refractivity contribution in [2.24, 2.45) is 0 Å². The van der Waals surface area contributed by atoms with Gasteiger partial charge in [-0.1, -0.05) is 18.2 Å². The van der Waals surface area contributed by atoms with E-state index in [0.29, 0.717) is 0 Å². The number of nitrogens with zero attached hydrogens (tertiary/aromatic N) is 1. The van der Waals surface area contributed by atoms with Crippen LogP contribution in [0.3, 0.4) is 0 Å². The summed E-state index contributed by atoms with van der Waals surface area (Å²) >= 11 is 0. The molecule has 0 bridgehead atoms. The van der Waals surface area contributed by atoms with Crippen LogP contribution >= 0.6 is 0 Å². The maximum Gasteiger partial charge on any atom is 0.0360 e. The molecule has 0 aliphatic rings. The normalized spacial score (nSPS) is 8.33. The lowest BCUT2D eigenvalue weighted by Gasteiger charge is -2.10. The van der Waals surface area contributed by atoms with Gasteiger partial charge < -0.3 is 9.64 Å². The van der Waals surface area contributed by atoms with Crippen molar-refractivity contribution in [3.8, 4) is 0 Å². The van der Waals surface area contributed by atoms with Gasteiger partial charge in [-0.3, -0.25) is 0 Å². The van der Waals surface area contributed by atoms with Gasteiger partial charge in [0.15, 0.2) is 0 Å². The quantitative estimate of drug-likeness (QED) is 0.634. The van der Waals surface area contributed by atoms with Gasteiger partial charge in [-0.2, -0.15) is 0 Å². The molecule has 0 atom stereocenters. The van der Waals surface area contributed by atoms with E-state index in [9.17, 15) is 0 Å². The average Bonchev–Trinajstić information content (AvgIpc) is 2.07. The molecule has 0 spiro atoms. The molecule has 0 aliphatic carbocycles. The predicted molar refractivity (Wildman–Crippen MR) is 53.7 cm³/mol. The van der Waals surface area contributed by atoms with Crippen LogP contribution in [-0.2, 0) is 4.74 Å². The van der Waals surface area contributed by atoms with E-state index in [-0.39, 0.29) is 0 Å². The van der Waals surface area contributed by atoms with E-state index in [1.165, 1.54) is 5.69 Å². The molecule has 0 N–H and O–H groups in total. The van der Waals surface area contributed by atoms with Gasteiger partial charge in [0, 0.05) is 34.0 Å².